The van der Waals surface area contributed by atoms with Gasteiger partial charge in [-0.05, 0) is 35.9 Å². The molecule has 1 aromatic rings. The number of nitrogens with zero attached hydrogens (tertiary/aromatic N) is 4. The van der Waals surface area contributed by atoms with Crippen molar-refractivity contribution in [2.24, 2.45) is 24.1 Å². The first-order chi connectivity index (χ1) is 7.13. The molecule has 1 aliphatic rings. The molecule has 2 rings (SSSR count). The van der Waals surface area contributed by atoms with Crippen LogP contribution in [0.25, 0.3) is 0 Å². The van der Waals surface area contributed by atoms with Crippen LogP contribution in [0.15, 0.2) is 0 Å². The molecule has 0 saturated heterocycles. The molecule has 0 aromatic carbocycles. The number of hydrogen-bond acceptors (Lipinski definition) is 4. The van der Waals surface area contributed by atoms with Crippen molar-refractivity contribution in [3.63, 3.8) is 0 Å². The van der Waals surface area contributed by atoms with Gasteiger partial charge in [0.05, 0.1) is 7.05 Å². The second-order valence-corrected chi connectivity index (χ2v) is 4.92. The van der Waals surface area contributed by atoms with Gasteiger partial charge in [0.25, 0.3) is 0 Å². The number of aryl methyl sites for hydroxylation is 1. The summed E-state index contributed by atoms with van der Waals surface area (Å²) in [5.74, 6) is 1.61. The lowest BCUT2D eigenvalue weighted by molar-refractivity contribution is 0.289. The van der Waals surface area contributed by atoms with Crippen LogP contribution in [-0.4, -0.2) is 26.8 Å². The average Bonchev–Trinajstić information content (AvgIpc) is 2.75. The van der Waals surface area contributed by atoms with E-state index in [4.69, 9.17) is 5.73 Å². The van der Waals surface area contributed by atoms with Crippen LogP contribution in [0.4, 0.5) is 0 Å². The van der Waals surface area contributed by atoms with E-state index in [0.717, 1.165) is 24.7 Å². The summed E-state index contributed by atoms with van der Waals surface area (Å²) in [6.45, 7) is 3.02. The fourth-order valence-electron chi connectivity index (χ4n) is 2.64. The normalized spacial score (nSPS) is 31.0. The van der Waals surface area contributed by atoms with E-state index in [-0.39, 0.29) is 5.41 Å². The van der Waals surface area contributed by atoms with Crippen LogP contribution >= 0.6 is 0 Å². The van der Waals surface area contributed by atoms with Crippen LogP contribution in [-0.2, 0) is 13.5 Å². The van der Waals surface area contributed by atoms with Gasteiger partial charge in [-0.3, -0.25) is 0 Å². The molecule has 1 heterocycles. The first kappa shape index (κ1) is 10.5. The summed E-state index contributed by atoms with van der Waals surface area (Å²) >= 11 is 0. The van der Waals surface area contributed by atoms with Gasteiger partial charge in [-0.2, -0.15) is 4.80 Å². The summed E-state index contributed by atoms with van der Waals surface area (Å²) in [6.07, 6.45) is 4.55. The lowest BCUT2D eigenvalue weighted by Gasteiger charge is -2.25. The molecule has 84 valence electrons. The van der Waals surface area contributed by atoms with E-state index in [1.807, 2.05) is 0 Å². The van der Waals surface area contributed by atoms with Crippen LogP contribution in [0.3, 0.4) is 0 Å². The van der Waals surface area contributed by atoms with Crippen molar-refractivity contribution in [3.05, 3.63) is 5.82 Å². The molecular weight excluding hydrogens is 190 g/mol. The predicted octanol–water partition coefficient (Wildman–Crippen LogP) is 0.518. The molecule has 1 fully saturated rings. The molecule has 5 heteroatoms. The number of hydrogen-bond donors (Lipinski definition) is 1. The maximum atomic E-state index is 5.90. The van der Waals surface area contributed by atoms with Crippen LogP contribution < -0.4 is 5.73 Å². The van der Waals surface area contributed by atoms with Crippen molar-refractivity contribution < 1.29 is 0 Å². The summed E-state index contributed by atoms with van der Waals surface area (Å²) in [5.41, 5.74) is 6.13. The highest BCUT2D eigenvalue weighted by atomic mass is 15.6. The van der Waals surface area contributed by atoms with E-state index in [9.17, 15) is 0 Å². The molecule has 0 amide bonds. The summed E-state index contributed by atoms with van der Waals surface area (Å²) in [6, 6.07) is 0. The minimum Gasteiger partial charge on any atom is -0.330 e. The van der Waals surface area contributed by atoms with Crippen LogP contribution in [0, 0.1) is 11.3 Å². The summed E-state index contributed by atoms with van der Waals surface area (Å²) < 4.78 is 0. The van der Waals surface area contributed by atoms with Gasteiger partial charge in [0.15, 0.2) is 5.82 Å². The van der Waals surface area contributed by atoms with Crippen LogP contribution in [0.2, 0.25) is 0 Å². The molecule has 1 aliphatic carbocycles. The molecule has 5 nitrogen and oxygen atoms in total. The topological polar surface area (TPSA) is 69.6 Å². The van der Waals surface area contributed by atoms with Gasteiger partial charge in [0.1, 0.15) is 0 Å². The van der Waals surface area contributed by atoms with Crippen LogP contribution in [0.5, 0.6) is 0 Å². The first-order valence-electron chi connectivity index (χ1n) is 5.56. The number of tetrazole rings is 1. The van der Waals surface area contributed by atoms with Crippen molar-refractivity contribution in [2.45, 2.75) is 32.6 Å². The largest absolute Gasteiger partial charge is 0.330 e. The molecule has 15 heavy (non-hydrogen) atoms. The molecule has 2 atom stereocenters. The molecule has 1 saturated carbocycles. The van der Waals surface area contributed by atoms with Crippen LogP contribution in [0.1, 0.15) is 32.0 Å². The Kier molecular flexibility index (Phi) is 2.73. The summed E-state index contributed by atoms with van der Waals surface area (Å²) in [7, 11) is 1.79. The lowest BCUT2D eigenvalue weighted by atomic mass is 9.82. The number of nitrogens with two attached hydrogens (primary N) is 1. The molecular formula is C10H19N5. The maximum absolute atomic E-state index is 5.90. The molecule has 0 bridgehead atoms. The van der Waals surface area contributed by atoms with Gasteiger partial charge in [0, 0.05) is 6.42 Å². The highest BCUT2D eigenvalue weighted by Gasteiger charge is 2.37. The molecule has 2 N–H and O–H groups in total. The predicted molar refractivity (Wildman–Crippen MR) is 57.0 cm³/mol. The average molecular weight is 209 g/mol. The fourth-order valence-corrected chi connectivity index (χ4v) is 2.64. The Morgan fingerprint density at radius 1 is 1.60 bits per heavy atom. The number of aromatic nitrogens is 4. The van der Waals surface area contributed by atoms with Crippen molar-refractivity contribution in [1.29, 1.82) is 0 Å². The Bertz CT molecular complexity index is 334. The van der Waals surface area contributed by atoms with Gasteiger partial charge in [0.2, 0.25) is 0 Å². The van der Waals surface area contributed by atoms with E-state index in [0.29, 0.717) is 0 Å². The Morgan fingerprint density at radius 3 is 2.87 bits per heavy atom. The smallest absolute Gasteiger partial charge is 0.175 e. The number of rotatable bonds is 3. The molecule has 0 aliphatic heterocycles. The fraction of sp³-hybridized carbons (Fsp3) is 0.900. The Hall–Kier alpha value is -0.970. The highest BCUT2D eigenvalue weighted by Crippen LogP contribution is 2.42. The quantitative estimate of drug-likeness (QED) is 0.787. The van der Waals surface area contributed by atoms with Crippen molar-refractivity contribution >= 4 is 0 Å². The maximum Gasteiger partial charge on any atom is 0.175 e. The second kappa shape index (κ2) is 3.89. The monoisotopic (exact) mass is 209 g/mol. The zero-order valence-electron chi connectivity index (χ0n) is 9.48. The van der Waals surface area contributed by atoms with Crippen molar-refractivity contribution in [2.75, 3.05) is 6.54 Å². The Labute approximate surface area is 90.0 Å². The molecule has 0 spiro atoms. The molecule has 2 unspecified atom stereocenters. The van der Waals surface area contributed by atoms with E-state index < -0.39 is 0 Å². The van der Waals surface area contributed by atoms with E-state index in [1.54, 1.807) is 7.05 Å². The standard InChI is InChI=1S/C10H19N5/c1-8-3-4-10(5-8,7-11)6-9-12-14-15(2)13-9/h8H,3-7,11H2,1-2H3. The SMILES string of the molecule is CC1CCC(CN)(Cc2nnn(C)n2)C1. The van der Waals surface area contributed by atoms with E-state index in [2.05, 4.69) is 22.3 Å². The summed E-state index contributed by atoms with van der Waals surface area (Å²) in [5, 5.41) is 12.1. The van der Waals surface area contributed by atoms with Gasteiger partial charge in [-0.25, -0.2) is 0 Å². The molecule has 1 aromatic heterocycles. The van der Waals surface area contributed by atoms with Gasteiger partial charge < -0.3 is 5.73 Å². The Morgan fingerprint density at radius 2 is 2.40 bits per heavy atom. The van der Waals surface area contributed by atoms with Crippen molar-refractivity contribution in [1.82, 2.24) is 20.2 Å². The minimum atomic E-state index is 0.225. The van der Waals surface area contributed by atoms with Gasteiger partial charge in [-0.15, -0.1) is 10.2 Å². The van der Waals surface area contributed by atoms with E-state index >= 15 is 0 Å². The van der Waals surface area contributed by atoms with Gasteiger partial charge >= 0.3 is 0 Å². The molecule has 0 radical (unpaired) electrons. The van der Waals surface area contributed by atoms with E-state index in [1.165, 1.54) is 24.1 Å². The van der Waals surface area contributed by atoms with Gasteiger partial charge in [-0.1, -0.05) is 13.3 Å². The third kappa shape index (κ3) is 2.17. The minimum absolute atomic E-state index is 0.225. The third-order valence-corrected chi connectivity index (χ3v) is 3.46. The zero-order chi connectivity index (χ0) is 10.9. The second-order valence-electron chi connectivity index (χ2n) is 4.92. The van der Waals surface area contributed by atoms with Crippen molar-refractivity contribution in [3.8, 4) is 0 Å². The zero-order valence-corrected chi connectivity index (χ0v) is 9.48. The first-order valence-corrected chi connectivity index (χ1v) is 5.56. The highest BCUT2D eigenvalue weighted by molar-refractivity contribution is 4.96. The lowest BCUT2D eigenvalue weighted by Crippen LogP contribution is -2.30. The summed E-state index contributed by atoms with van der Waals surface area (Å²) in [4.78, 5) is 1.51. The third-order valence-electron chi connectivity index (χ3n) is 3.46. The Balaban J connectivity index is 2.08.